The summed E-state index contributed by atoms with van der Waals surface area (Å²) in [6, 6.07) is 2.93. The predicted octanol–water partition coefficient (Wildman–Crippen LogP) is 2.22. The predicted molar refractivity (Wildman–Crippen MR) is 77.4 cm³/mol. The van der Waals surface area contributed by atoms with Gasteiger partial charge in [-0.15, -0.1) is 0 Å². The molecule has 8 heteroatoms. The Labute approximate surface area is 127 Å². The highest BCUT2D eigenvalue weighted by molar-refractivity contribution is 5.78. The number of nitrogens with two attached hydrogens (primary N) is 1. The summed E-state index contributed by atoms with van der Waals surface area (Å²) in [6.07, 6.45) is 0. The van der Waals surface area contributed by atoms with Crippen LogP contribution in [0, 0.1) is 0 Å². The molecule has 1 aliphatic rings. The van der Waals surface area contributed by atoms with E-state index in [9.17, 15) is 8.78 Å². The molecule has 0 amide bonds. The van der Waals surface area contributed by atoms with E-state index in [1.165, 1.54) is 6.07 Å². The minimum atomic E-state index is -2.94. The zero-order valence-corrected chi connectivity index (χ0v) is 12.7. The lowest BCUT2D eigenvalue weighted by Crippen LogP contribution is -2.44. The quantitative estimate of drug-likeness (QED) is 0.658. The lowest BCUT2D eigenvalue weighted by molar-refractivity contribution is -0.0504. The van der Waals surface area contributed by atoms with Gasteiger partial charge in [-0.1, -0.05) is 0 Å². The van der Waals surface area contributed by atoms with E-state index in [4.69, 9.17) is 15.2 Å². The van der Waals surface area contributed by atoms with Crippen molar-refractivity contribution in [2.75, 3.05) is 6.79 Å². The van der Waals surface area contributed by atoms with Crippen LogP contribution < -0.4 is 25.3 Å². The Kier molecular flexibility index (Phi) is 4.58. The second kappa shape index (κ2) is 6.25. The maximum Gasteiger partial charge on any atom is 0.387 e. The van der Waals surface area contributed by atoms with Gasteiger partial charge in [0.25, 0.3) is 0 Å². The van der Waals surface area contributed by atoms with Gasteiger partial charge in [-0.3, -0.25) is 0 Å². The van der Waals surface area contributed by atoms with Crippen molar-refractivity contribution in [3.8, 4) is 17.2 Å². The number of benzene rings is 1. The van der Waals surface area contributed by atoms with Gasteiger partial charge in [-0.25, -0.2) is 4.99 Å². The van der Waals surface area contributed by atoms with Crippen LogP contribution in [0.3, 0.4) is 0 Å². The van der Waals surface area contributed by atoms with Gasteiger partial charge >= 0.3 is 6.61 Å². The van der Waals surface area contributed by atoms with E-state index in [0.29, 0.717) is 17.1 Å². The molecular weight excluding hydrogens is 296 g/mol. The lowest BCUT2D eigenvalue weighted by atomic mass is 10.1. The number of halogens is 2. The zero-order chi connectivity index (χ0) is 16.3. The standard InChI is InChI=1S/C14H19F2N3O3/c1-14(2,3)19-13(17)18-6-8-4-10-11(21-7-20-10)5-9(8)22-12(15)16/h4-5,12H,6-7H2,1-3H3,(H3,17,18,19). The number of hydrogen-bond donors (Lipinski definition) is 2. The summed E-state index contributed by atoms with van der Waals surface area (Å²) < 4.78 is 39.9. The number of nitrogens with zero attached hydrogens (tertiary/aromatic N) is 1. The summed E-state index contributed by atoms with van der Waals surface area (Å²) in [4.78, 5) is 4.14. The molecule has 0 aliphatic carbocycles. The number of fused-ring (bicyclic) bond motifs is 1. The first-order valence-electron chi connectivity index (χ1n) is 6.70. The third-order valence-electron chi connectivity index (χ3n) is 2.69. The summed E-state index contributed by atoms with van der Waals surface area (Å²) in [5.41, 5.74) is 5.95. The number of ether oxygens (including phenoxy) is 3. The van der Waals surface area contributed by atoms with Crippen LogP contribution in [0.15, 0.2) is 17.1 Å². The Hall–Kier alpha value is -2.25. The summed E-state index contributed by atoms with van der Waals surface area (Å²) in [6.45, 7) is 2.98. The molecule has 0 saturated heterocycles. The Morgan fingerprint density at radius 2 is 2.00 bits per heavy atom. The first-order chi connectivity index (χ1) is 10.2. The van der Waals surface area contributed by atoms with Crippen molar-refractivity contribution in [1.29, 1.82) is 0 Å². The maximum absolute atomic E-state index is 12.5. The van der Waals surface area contributed by atoms with Gasteiger partial charge in [0.2, 0.25) is 6.79 Å². The third kappa shape index (κ3) is 4.37. The molecule has 1 heterocycles. The summed E-state index contributed by atoms with van der Waals surface area (Å²) in [5, 5.41) is 2.98. The van der Waals surface area contributed by atoms with Crippen molar-refractivity contribution < 1.29 is 23.0 Å². The minimum absolute atomic E-state index is 0.00782. The van der Waals surface area contributed by atoms with Crippen LogP contribution in [0.1, 0.15) is 26.3 Å². The van der Waals surface area contributed by atoms with Crippen LogP contribution in [0.4, 0.5) is 8.78 Å². The molecule has 3 N–H and O–H groups in total. The van der Waals surface area contributed by atoms with E-state index in [1.54, 1.807) is 6.07 Å². The van der Waals surface area contributed by atoms with Gasteiger partial charge < -0.3 is 25.3 Å². The van der Waals surface area contributed by atoms with Crippen LogP contribution in [0.5, 0.6) is 17.2 Å². The molecular formula is C14H19F2N3O3. The molecule has 6 nitrogen and oxygen atoms in total. The van der Waals surface area contributed by atoms with Gasteiger partial charge in [-0.05, 0) is 26.8 Å². The van der Waals surface area contributed by atoms with Gasteiger partial charge in [0.05, 0.1) is 6.54 Å². The average Bonchev–Trinajstić information content (AvgIpc) is 2.80. The molecule has 0 spiro atoms. The first kappa shape index (κ1) is 16.1. The van der Waals surface area contributed by atoms with Crippen molar-refractivity contribution in [3.63, 3.8) is 0 Å². The van der Waals surface area contributed by atoms with Gasteiger partial charge in [0.15, 0.2) is 17.5 Å². The molecule has 0 unspecified atom stereocenters. The minimum Gasteiger partial charge on any atom is -0.454 e. The fourth-order valence-electron chi connectivity index (χ4n) is 1.89. The SMILES string of the molecule is CC(C)(C)NC(N)=NCc1cc2c(cc1OC(F)F)OCO2. The van der Waals surface area contributed by atoms with E-state index < -0.39 is 6.61 Å². The van der Waals surface area contributed by atoms with E-state index in [0.717, 1.165) is 0 Å². The fourth-order valence-corrected chi connectivity index (χ4v) is 1.89. The van der Waals surface area contributed by atoms with E-state index >= 15 is 0 Å². The molecule has 0 aromatic heterocycles. The summed E-state index contributed by atoms with van der Waals surface area (Å²) in [7, 11) is 0. The Balaban J connectivity index is 2.20. The Morgan fingerprint density at radius 3 is 2.59 bits per heavy atom. The molecule has 0 fully saturated rings. The van der Waals surface area contributed by atoms with Crippen LogP contribution in [-0.4, -0.2) is 24.9 Å². The normalized spacial score (nSPS) is 14.4. The smallest absolute Gasteiger partial charge is 0.387 e. The zero-order valence-electron chi connectivity index (χ0n) is 12.7. The van der Waals surface area contributed by atoms with Crippen LogP contribution in [-0.2, 0) is 6.54 Å². The highest BCUT2D eigenvalue weighted by Gasteiger charge is 2.20. The molecule has 1 aromatic rings. The summed E-state index contributed by atoms with van der Waals surface area (Å²) in [5.74, 6) is 1.04. The molecule has 0 saturated carbocycles. The molecule has 0 atom stereocenters. The number of alkyl halides is 2. The van der Waals surface area contributed by atoms with Crippen LogP contribution in [0.2, 0.25) is 0 Å². The maximum atomic E-state index is 12.5. The number of hydrogen-bond acceptors (Lipinski definition) is 4. The largest absolute Gasteiger partial charge is 0.454 e. The number of nitrogens with one attached hydrogen (secondary N) is 1. The highest BCUT2D eigenvalue weighted by atomic mass is 19.3. The molecule has 1 aromatic carbocycles. The van der Waals surface area contributed by atoms with Crippen molar-refractivity contribution in [1.82, 2.24) is 5.32 Å². The van der Waals surface area contributed by atoms with Crippen LogP contribution in [0.25, 0.3) is 0 Å². The molecule has 0 radical (unpaired) electrons. The topological polar surface area (TPSA) is 78.1 Å². The van der Waals surface area contributed by atoms with Crippen molar-refractivity contribution in [2.45, 2.75) is 39.5 Å². The van der Waals surface area contributed by atoms with Crippen molar-refractivity contribution in [3.05, 3.63) is 17.7 Å². The average molecular weight is 315 g/mol. The van der Waals surface area contributed by atoms with Gasteiger partial charge in [0, 0.05) is 17.2 Å². The second-order valence-corrected chi connectivity index (χ2v) is 5.77. The van der Waals surface area contributed by atoms with Gasteiger partial charge in [-0.2, -0.15) is 8.78 Å². The monoisotopic (exact) mass is 315 g/mol. The van der Waals surface area contributed by atoms with E-state index in [1.807, 2.05) is 20.8 Å². The molecule has 1 aliphatic heterocycles. The third-order valence-corrected chi connectivity index (χ3v) is 2.69. The van der Waals surface area contributed by atoms with E-state index in [2.05, 4.69) is 15.0 Å². The van der Waals surface area contributed by atoms with Crippen molar-refractivity contribution in [2.24, 2.45) is 10.7 Å². The Morgan fingerprint density at radius 1 is 1.36 bits per heavy atom. The molecule has 2 rings (SSSR count). The van der Waals surface area contributed by atoms with Crippen molar-refractivity contribution >= 4 is 5.96 Å². The summed E-state index contributed by atoms with van der Waals surface area (Å²) >= 11 is 0. The van der Waals surface area contributed by atoms with E-state index in [-0.39, 0.29) is 30.6 Å². The molecule has 122 valence electrons. The lowest BCUT2D eigenvalue weighted by Gasteiger charge is -2.21. The second-order valence-electron chi connectivity index (χ2n) is 5.77. The molecule has 22 heavy (non-hydrogen) atoms. The number of rotatable bonds is 4. The number of aliphatic imine (C=N–C) groups is 1. The fraction of sp³-hybridized carbons (Fsp3) is 0.500. The van der Waals surface area contributed by atoms with Gasteiger partial charge in [0.1, 0.15) is 5.75 Å². The first-order valence-corrected chi connectivity index (χ1v) is 6.70. The molecule has 0 bridgehead atoms. The number of guanidine groups is 1. The van der Waals surface area contributed by atoms with Crippen LogP contribution >= 0.6 is 0 Å². The Bertz CT molecular complexity index is 571. The highest BCUT2D eigenvalue weighted by Crippen LogP contribution is 2.38.